The van der Waals surface area contributed by atoms with E-state index in [1.807, 2.05) is 45.0 Å². The van der Waals surface area contributed by atoms with Crippen molar-refractivity contribution in [3.05, 3.63) is 124 Å². The fourth-order valence-corrected chi connectivity index (χ4v) is 6.29. The molecule has 0 bridgehead atoms. The van der Waals surface area contributed by atoms with Gasteiger partial charge in [0.05, 0.1) is 24.2 Å². The molecule has 2 atom stereocenters. The van der Waals surface area contributed by atoms with Gasteiger partial charge in [0.15, 0.2) is 0 Å². The maximum Gasteiger partial charge on any atom is 0.337 e. The van der Waals surface area contributed by atoms with E-state index in [1.165, 1.54) is 18.2 Å². The maximum atomic E-state index is 14.0. The van der Waals surface area contributed by atoms with Gasteiger partial charge in [-0.15, -0.1) is 0 Å². The molecule has 1 saturated heterocycles. The Morgan fingerprint density at radius 1 is 0.929 bits per heavy atom. The number of methoxy groups -OCH3 is 1. The third kappa shape index (κ3) is 6.11. The molecular weight excluding hydrogens is 526 g/mol. The van der Waals surface area contributed by atoms with Crippen LogP contribution in [-0.4, -0.2) is 49.2 Å². The summed E-state index contributed by atoms with van der Waals surface area (Å²) in [5, 5.41) is 3.21. The molecule has 218 valence electrons. The molecule has 2 heterocycles. The summed E-state index contributed by atoms with van der Waals surface area (Å²) in [7, 11) is 1.34. The largest absolute Gasteiger partial charge is 0.466 e. The van der Waals surface area contributed by atoms with Crippen LogP contribution in [-0.2, 0) is 19.1 Å². The third-order valence-electron chi connectivity index (χ3n) is 8.33. The van der Waals surface area contributed by atoms with E-state index < -0.39 is 23.5 Å². The number of carbonyl (C=O) groups is 2. The molecule has 0 radical (unpaired) electrons. The Balaban J connectivity index is 1.38. The van der Waals surface area contributed by atoms with Gasteiger partial charge in [-0.05, 0) is 49.6 Å². The first-order chi connectivity index (χ1) is 20.2. The van der Waals surface area contributed by atoms with Crippen molar-refractivity contribution in [1.29, 1.82) is 0 Å². The molecule has 0 aromatic heterocycles. The summed E-state index contributed by atoms with van der Waals surface area (Å²) in [5.41, 5.74) is 11.2. The lowest BCUT2D eigenvalue weighted by atomic mass is 9.80. The van der Waals surface area contributed by atoms with Crippen molar-refractivity contribution in [1.82, 2.24) is 10.2 Å². The van der Waals surface area contributed by atoms with Crippen LogP contribution in [0.3, 0.4) is 0 Å². The first-order valence-corrected chi connectivity index (χ1v) is 14.4. The molecular formula is C35H39N3O4. The number of nitrogens with zero attached hydrogens (tertiary/aromatic N) is 1. The minimum absolute atomic E-state index is 0.196. The van der Waals surface area contributed by atoms with Crippen molar-refractivity contribution in [2.75, 3.05) is 32.5 Å². The van der Waals surface area contributed by atoms with Gasteiger partial charge in [-0.2, -0.15) is 0 Å². The molecule has 0 saturated carbocycles. The number of carbonyl (C=O) groups excluding carboxylic acids is 2. The van der Waals surface area contributed by atoms with Gasteiger partial charge in [0.1, 0.15) is 5.60 Å². The van der Waals surface area contributed by atoms with E-state index in [9.17, 15) is 9.59 Å². The van der Waals surface area contributed by atoms with E-state index in [1.54, 1.807) is 12.1 Å². The Bertz CT molecular complexity index is 1480. The van der Waals surface area contributed by atoms with Crippen molar-refractivity contribution in [2.24, 2.45) is 0 Å². The Morgan fingerprint density at radius 2 is 1.52 bits per heavy atom. The standard InChI is InChI=1S/C35H39N3O4/c1-23-30(33(39)41-4)32(27-16-11-17-28(36)20-27)31(24(2)37-23)34(40)42-35(3)18-19-38(22-35)21-29(25-12-7-5-8-13-25)26-14-9-6-10-15-26/h5-17,20,29,32,37H,18-19,21-22,36H2,1-4H3. The molecule has 0 amide bonds. The summed E-state index contributed by atoms with van der Waals surface area (Å²) in [6, 6.07) is 28.3. The Labute approximate surface area is 248 Å². The second kappa shape index (κ2) is 12.2. The Morgan fingerprint density at radius 3 is 2.10 bits per heavy atom. The summed E-state index contributed by atoms with van der Waals surface area (Å²) in [6.45, 7) is 7.86. The number of anilines is 1. The van der Waals surface area contributed by atoms with Gasteiger partial charge >= 0.3 is 11.9 Å². The van der Waals surface area contributed by atoms with E-state index in [-0.39, 0.29) is 5.92 Å². The van der Waals surface area contributed by atoms with Gasteiger partial charge in [0, 0.05) is 49.1 Å². The first-order valence-electron chi connectivity index (χ1n) is 14.4. The number of benzene rings is 3. The lowest BCUT2D eigenvalue weighted by Crippen LogP contribution is -2.39. The fraction of sp³-hybridized carbons (Fsp3) is 0.314. The quantitative estimate of drug-likeness (QED) is 0.275. The van der Waals surface area contributed by atoms with E-state index in [0.29, 0.717) is 41.2 Å². The van der Waals surface area contributed by atoms with Crippen LogP contribution < -0.4 is 11.1 Å². The fourth-order valence-electron chi connectivity index (χ4n) is 6.29. The molecule has 42 heavy (non-hydrogen) atoms. The number of nitrogens with one attached hydrogen (secondary N) is 1. The molecule has 3 aromatic carbocycles. The number of hydrogen-bond donors (Lipinski definition) is 2. The summed E-state index contributed by atoms with van der Waals surface area (Å²) in [6.07, 6.45) is 0.705. The zero-order valence-corrected chi connectivity index (χ0v) is 24.7. The number of esters is 2. The van der Waals surface area contributed by atoms with Crippen molar-refractivity contribution >= 4 is 17.6 Å². The molecule has 2 unspecified atom stereocenters. The molecule has 5 rings (SSSR count). The normalized spacial score (nSPS) is 20.9. The number of rotatable bonds is 8. The second-order valence-electron chi connectivity index (χ2n) is 11.5. The van der Waals surface area contributed by atoms with Crippen LogP contribution in [0.1, 0.15) is 55.7 Å². The lowest BCUT2D eigenvalue weighted by molar-refractivity contribution is -0.152. The second-order valence-corrected chi connectivity index (χ2v) is 11.5. The number of ether oxygens (including phenoxy) is 2. The maximum absolute atomic E-state index is 14.0. The van der Waals surface area contributed by atoms with Crippen LogP contribution in [0.4, 0.5) is 5.69 Å². The topological polar surface area (TPSA) is 93.9 Å². The van der Waals surface area contributed by atoms with Gasteiger partial charge < -0.3 is 20.5 Å². The van der Waals surface area contributed by atoms with Gasteiger partial charge in [-0.3, -0.25) is 4.90 Å². The molecule has 3 aromatic rings. The Kier molecular flexibility index (Phi) is 8.50. The van der Waals surface area contributed by atoms with Crippen LogP contribution in [0.5, 0.6) is 0 Å². The number of allylic oxidation sites excluding steroid dienone is 2. The molecule has 7 nitrogen and oxygen atoms in total. The van der Waals surface area contributed by atoms with E-state index in [4.69, 9.17) is 15.2 Å². The number of hydrogen-bond acceptors (Lipinski definition) is 7. The number of dihydropyridines is 1. The summed E-state index contributed by atoms with van der Waals surface area (Å²) in [4.78, 5) is 29.4. The highest BCUT2D eigenvalue weighted by molar-refractivity contribution is 6.00. The molecule has 3 N–H and O–H groups in total. The zero-order chi connectivity index (χ0) is 29.9. The van der Waals surface area contributed by atoms with Gasteiger partial charge in [0.2, 0.25) is 0 Å². The molecule has 7 heteroatoms. The average molecular weight is 566 g/mol. The van der Waals surface area contributed by atoms with Crippen molar-refractivity contribution in [2.45, 2.75) is 44.6 Å². The smallest absolute Gasteiger partial charge is 0.337 e. The lowest BCUT2D eigenvalue weighted by Gasteiger charge is -2.33. The van der Waals surface area contributed by atoms with Crippen LogP contribution in [0.15, 0.2) is 107 Å². The summed E-state index contributed by atoms with van der Waals surface area (Å²) < 4.78 is 11.5. The number of likely N-dealkylation sites (tertiary alicyclic amines) is 1. The highest BCUT2D eigenvalue weighted by Gasteiger charge is 2.43. The Hall–Kier alpha value is -4.36. The SMILES string of the molecule is COC(=O)C1=C(C)NC(C)=C(C(=O)OC2(C)CCN(CC(c3ccccc3)c3ccccc3)C2)C1c1cccc(N)c1. The van der Waals surface area contributed by atoms with Crippen LogP contribution >= 0.6 is 0 Å². The van der Waals surface area contributed by atoms with Gasteiger partial charge in [0.25, 0.3) is 0 Å². The number of nitrogen functional groups attached to an aromatic ring is 1. The molecule has 2 aliphatic heterocycles. The van der Waals surface area contributed by atoms with Crippen molar-refractivity contribution in [3.8, 4) is 0 Å². The van der Waals surface area contributed by atoms with Crippen LogP contribution in [0, 0.1) is 0 Å². The van der Waals surface area contributed by atoms with Crippen LogP contribution in [0.2, 0.25) is 0 Å². The minimum Gasteiger partial charge on any atom is -0.466 e. The van der Waals surface area contributed by atoms with E-state index in [0.717, 1.165) is 18.7 Å². The summed E-state index contributed by atoms with van der Waals surface area (Å²) in [5.74, 6) is -1.43. The van der Waals surface area contributed by atoms with Crippen molar-refractivity contribution in [3.63, 3.8) is 0 Å². The predicted octanol–water partition coefficient (Wildman–Crippen LogP) is 5.52. The number of nitrogens with two attached hydrogens (primary N) is 1. The van der Waals surface area contributed by atoms with Gasteiger partial charge in [-0.25, -0.2) is 9.59 Å². The molecule has 2 aliphatic rings. The molecule has 0 spiro atoms. The molecule has 0 aliphatic carbocycles. The highest BCUT2D eigenvalue weighted by atomic mass is 16.6. The predicted molar refractivity (Wildman–Crippen MR) is 164 cm³/mol. The van der Waals surface area contributed by atoms with Crippen LogP contribution in [0.25, 0.3) is 0 Å². The third-order valence-corrected chi connectivity index (χ3v) is 8.33. The minimum atomic E-state index is -0.690. The van der Waals surface area contributed by atoms with E-state index >= 15 is 0 Å². The monoisotopic (exact) mass is 565 g/mol. The average Bonchev–Trinajstić information content (AvgIpc) is 3.35. The van der Waals surface area contributed by atoms with E-state index in [2.05, 4.69) is 58.7 Å². The first kappa shape index (κ1) is 29.1. The zero-order valence-electron chi connectivity index (χ0n) is 24.7. The van der Waals surface area contributed by atoms with Crippen molar-refractivity contribution < 1.29 is 19.1 Å². The molecule has 1 fully saturated rings. The van der Waals surface area contributed by atoms with Gasteiger partial charge in [-0.1, -0.05) is 72.8 Å². The highest BCUT2D eigenvalue weighted by Crippen LogP contribution is 2.41. The summed E-state index contributed by atoms with van der Waals surface area (Å²) >= 11 is 0.